The molecule has 0 unspecified atom stereocenters. The third-order valence-corrected chi connectivity index (χ3v) is 8.18. The topological polar surface area (TPSA) is 52.7 Å². The predicted molar refractivity (Wildman–Crippen MR) is 141 cm³/mol. The van der Waals surface area contributed by atoms with Gasteiger partial charge >= 0.3 is 0 Å². The lowest BCUT2D eigenvalue weighted by atomic mass is 9.94. The first-order valence-electron chi connectivity index (χ1n) is 12.7. The Labute approximate surface area is 208 Å². The van der Waals surface area contributed by atoms with Gasteiger partial charge in [0.1, 0.15) is 0 Å². The number of nitrogens with one attached hydrogen (secondary N) is 1. The maximum Gasteiger partial charge on any atom is 0.256 e. The fraction of sp³-hybridized carbons (Fsp3) is 0.500. The summed E-state index contributed by atoms with van der Waals surface area (Å²) in [6, 6.07) is 16.1. The molecule has 1 saturated carbocycles. The summed E-state index contributed by atoms with van der Waals surface area (Å²) in [5.74, 6) is 0.348. The summed E-state index contributed by atoms with van der Waals surface area (Å²) < 4.78 is 0. The third kappa shape index (κ3) is 6.86. The summed E-state index contributed by atoms with van der Waals surface area (Å²) in [7, 11) is 1.92. The number of anilines is 1. The highest BCUT2D eigenvalue weighted by Gasteiger charge is 2.22. The van der Waals surface area contributed by atoms with Gasteiger partial charge in [-0.25, -0.2) is 0 Å². The van der Waals surface area contributed by atoms with Crippen molar-refractivity contribution in [3.63, 3.8) is 0 Å². The highest BCUT2D eigenvalue weighted by molar-refractivity contribution is 8.00. The molecule has 0 atom stereocenters. The normalized spacial score (nSPS) is 17.0. The molecule has 1 aliphatic heterocycles. The monoisotopic (exact) mass is 479 g/mol. The molecular weight excluding hydrogens is 442 g/mol. The first-order valence-corrected chi connectivity index (χ1v) is 13.7. The van der Waals surface area contributed by atoms with Crippen molar-refractivity contribution in [2.75, 3.05) is 37.8 Å². The van der Waals surface area contributed by atoms with Crippen molar-refractivity contribution in [1.82, 2.24) is 9.80 Å². The Hall–Kier alpha value is -2.31. The number of likely N-dealkylation sites (tertiary alicyclic amines) is 1. The maximum atomic E-state index is 13.0. The number of carbonyl (C=O) groups excluding carboxylic acids is 2. The number of thioether (sulfide) groups is 1. The molecule has 1 heterocycles. The Morgan fingerprint density at radius 1 is 0.971 bits per heavy atom. The Morgan fingerprint density at radius 2 is 1.68 bits per heavy atom. The molecule has 0 radical (unpaired) electrons. The summed E-state index contributed by atoms with van der Waals surface area (Å²) in [5, 5.41) is 3.03. The van der Waals surface area contributed by atoms with E-state index in [2.05, 4.69) is 22.3 Å². The first kappa shape index (κ1) is 24.8. The summed E-state index contributed by atoms with van der Waals surface area (Å²) in [6.45, 7) is 3.53. The van der Waals surface area contributed by atoms with Gasteiger partial charge in [0.25, 0.3) is 5.91 Å². The molecule has 1 saturated heterocycles. The van der Waals surface area contributed by atoms with Crippen LogP contribution in [0.2, 0.25) is 0 Å². The molecular formula is C28H37N3O2S. The van der Waals surface area contributed by atoms with E-state index in [1.165, 1.54) is 62.5 Å². The van der Waals surface area contributed by atoms with Crippen LogP contribution in [-0.2, 0) is 11.2 Å². The molecule has 0 bridgehead atoms. The second-order valence-corrected chi connectivity index (χ2v) is 10.5. The van der Waals surface area contributed by atoms with Crippen molar-refractivity contribution in [2.24, 2.45) is 0 Å². The van der Waals surface area contributed by atoms with Gasteiger partial charge < -0.3 is 15.1 Å². The second kappa shape index (κ2) is 12.4. The van der Waals surface area contributed by atoms with Gasteiger partial charge in [-0.2, -0.15) is 0 Å². The summed E-state index contributed by atoms with van der Waals surface area (Å²) in [6.07, 6.45) is 9.56. The average Bonchev–Trinajstić information content (AvgIpc) is 3.41. The molecule has 2 aromatic carbocycles. The fourth-order valence-corrected chi connectivity index (χ4v) is 5.91. The van der Waals surface area contributed by atoms with Crippen molar-refractivity contribution >= 4 is 29.3 Å². The van der Waals surface area contributed by atoms with Crippen LogP contribution in [0.1, 0.15) is 60.9 Å². The van der Waals surface area contributed by atoms with E-state index >= 15 is 0 Å². The minimum atomic E-state index is -0.138. The molecule has 1 aliphatic carbocycles. The van der Waals surface area contributed by atoms with Gasteiger partial charge in [0.15, 0.2) is 0 Å². The van der Waals surface area contributed by atoms with Gasteiger partial charge in [-0.05, 0) is 75.0 Å². The largest absolute Gasteiger partial charge is 0.342 e. The minimum absolute atomic E-state index is 0.136. The van der Waals surface area contributed by atoms with Crippen LogP contribution >= 0.6 is 11.8 Å². The van der Waals surface area contributed by atoms with Gasteiger partial charge in [-0.1, -0.05) is 43.5 Å². The molecule has 5 nitrogen and oxygen atoms in total. The Kier molecular flexibility index (Phi) is 9.05. The van der Waals surface area contributed by atoms with Crippen LogP contribution in [0.15, 0.2) is 53.4 Å². The van der Waals surface area contributed by atoms with Gasteiger partial charge in [0, 0.05) is 30.2 Å². The molecule has 2 fully saturated rings. The van der Waals surface area contributed by atoms with E-state index in [1.807, 2.05) is 48.3 Å². The van der Waals surface area contributed by atoms with E-state index in [0.717, 1.165) is 36.4 Å². The fourth-order valence-electron chi connectivity index (χ4n) is 4.94. The van der Waals surface area contributed by atoms with E-state index in [1.54, 1.807) is 0 Å². The maximum absolute atomic E-state index is 13.0. The minimum Gasteiger partial charge on any atom is -0.342 e. The Balaban J connectivity index is 1.30. The smallest absolute Gasteiger partial charge is 0.256 e. The van der Waals surface area contributed by atoms with Crippen LogP contribution in [0, 0.1) is 0 Å². The molecule has 182 valence electrons. The Morgan fingerprint density at radius 3 is 2.41 bits per heavy atom. The highest BCUT2D eigenvalue weighted by Crippen LogP contribution is 2.26. The zero-order valence-electron chi connectivity index (χ0n) is 20.3. The molecule has 1 N–H and O–H groups in total. The van der Waals surface area contributed by atoms with Gasteiger partial charge in [0.2, 0.25) is 5.91 Å². The highest BCUT2D eigenvalue weighted by atomic mass is 32.2. The van der Waals surface area contributed by atoms with E-state index in [9.17, 15) is 9.59 Å². The summed E-state index contributed by atoms with van der Waals surface area (Å²) >= 11 is 1.45. The molecule has 0 aromatic heterocycles. The van der Waals surface area contributed by atoms with Gasteiger partial charge in [-0.3, -0.25) is 9.59 Å². The second-order valence-electron chi connectivity index (χ2n) is 9.53. The van der Waals surface area contributed by atoms with E-state index in [-0.39, 0.29) is 11.8 Å². The van der Waals surface area contributed by atoms with Crippen molar-refractivity contribution < 1.29 is 9.59 Å². The molecule has 0 spiro atoms. The van der Waals surface area contributed by atoms with Crippen LogP contribution in [-0.4, -0.2) is 60.1 Å². The third-order valence-electron chi connectivity index (χ3n) is 7.13. The number of hydrogen-bond acceptors (Lipinski definition) is 4. The van der Waals surface area contributed by atoms with Gasteiger partial charge in [-0.15, -0.1) is 11.8 Å². The van der Waals surface area contributed by atoms with Crippen molar-refractivity contribution in [2.45, 2.75) is 62.3 Å². The molecule has 2 amide bonds. The lowest BCUT2D eigenvalue weighted by Gasteiger charge is -2.31. The molecule has 2 aliphatic rings. The number of nitrogens with zero attached hydrogens (tertiary/aromatic N) is 2. The summed E-state index contributed by atoms with van der Waals surface area (Å²) in [4.78, 5) is 31.1. The standard InChI is InChI=1S/C28H37N3O2S/c1-30(24-9-3-2-4-10-24)27(32)21-34-26-12-6-5-11-25(26)28(33)29-23-15-13-22(14-16-23)17-20-31-18-7-8-19-31/h5-6,11-16,24H,2-4,7-10,17-21H2,1H3,(H,29,33). The number of hydrogen-bond donors (Lipinski definition) is 1. The van der Waals surface area contributed by atoms with E-state index in [0.29, 0.717) is 17.4 Å². The van der Waals surface area contributed by atoms with Crippen molar-refractivity contribution in [3.05, 3.63) is 59.7 Å². The predicted octanol–water partition coefficient (Wildman–Crippen LogP) is 5.46. The summed E-state index contributed by atoms with van der Waals surface area (Å²) in [5.41, 5.74) is 2.70. The quantitative estimate of drug-likeness (QED) is 0.485. The van der Waals surface area contributed by atoms with Crippen LogP contribution in [0.25, 0.3) is 0 Å². The number of benzene rings is 2. The molecule has 4 rings (SSSR count). The van der Waals surface area contributed by atoms with Crippen LogP contribution in [0.4, 0.5) is 5.69 Å². The molecule has 34 heavy (non-hydrogen) atoms. The number of amides is 2. The lowest BCUT2D eigenvalue weighted by Crippen LogP contribution is -2.39. The molecule has 2 aromatic rings. The van der Waals surface area contributed by atoms with Gasteiger partial charge in [0.05, 0.1) is 11.3 Å². The van der Waals surface area contributed by atoms with E-state index in [4.69, 9.17) is 0 Å². The van der Waals surface area contributed by atoms with Crippen LogP contribution < -0.4 is 5.32 Å². The zero-order chi connectivity index (χ0) is 23.8. The van der Waals surface area contributed by atoms with E-state index < -0.39 is 0 Å². The number of rotatable bonds is 9. The number of carbonyl (C=O) groups is 2. The Bertz CT molecular complexity index is 950. The van der Waals surface area contributed by atoms with Crippen LogP contribution in [0.3, 0.4) is 0 Å². The average molecular weight is 480 g/mol. The lowest BCUT2D eigenvalue weighted by molar-refractivity contribution is -0.129. The van der Waals surface area contributed by atoms with Crippen molar-refractivity contribution in [1.29, 1.82) is 0 Å². The molecule has 6 heteroatoms. The van der Waals surface area contributed by atoms with Crippen molar-refractivity contribution in [3.8, 4) is 0 Å². The zero-order valence-corrected chi connectivity index (χ0v) is 21.1. The van der Waals surface area contributed by atoms with Crippen LogP contribution in [0.5, 0.6) is 0 Å². The first-order chi connectivity index (χ1) is 16.6. The SMILES string of the molecule is CN(C(=O)CSc1ccccc1C(=O)Nc1ccc(CCN2CCCC2)cc1)C1CCCCC1.